The Kier molecular flexibility index (Phi) is 2.32. The summed E-state index contributed by atoms with van der Waals surface area (Å²) in [5.41, 5.74) is 4.54. The molecule has 0 radical (unpaired) electrons. The van der Waals surface area contributed by atoms with Gasteiger partial charge in [-0.2, -0.15) is 5.10 Å². The Bertz CT molecular complexity index is 570. The SMILES string of the molecule is Cc1cc(Cn2cccn2)cc2c1CCC2=O. The smallest absolute Gasteiger partial charge is 0.163 e. The van der Waals surface area contributed by atoms with Crippen LogP contribution in [0.25, 0.3) is 0 Å². The lowest BCUT2D eigenvalue weighted by Crippen LogP contribution is -2.03. The van der Waals surface area contributed by atoms with Gasteiger partial charge in [0.2, 0.25) is 0 Å². The minimum absolute atomic E-state index is 0.283. The minimum atomic E-state index is 0.283. The number of hydrogen-bond donors (Lipinski definition) is 0. The van der Waals surface area contributed by atoms with Gasteiger partial charge in [0.1, 0.15) is 0 Å². The van der Waals surface area contributed by atoms with Crippen molar-refractivity contribution in [1.29, 1.82) is 0 Å². The first-order valence-electron chi connectivity index (χ1n) is 5.87. The first-order valence-corrected chi connectivity index (χ1v) is 5.87. The van der Waals surface area contributed by atoms with Crippen molar-refractivity contribution in [1.82, 2.24) is 9.78 Å². The van der Waals surface area contributed by atoms with Crippen molar-refractivity contribution in [3.8, 4) is 0 Å². The van der Waals surface area contributed by atoms with Crippen LogP contribution in [0.4, 0.5) is 0 Å². The molecule has 0 atom stereocenters. The molecule has 0 saturated heterocycles. The van der Waals surface area contributed by atoms with Gasteiger partial charge in [-0.25, -0.2) is 0 Å². The molecule has 0 saturated carbocycles. The Balaban J connectivity index is 1.99. The van der Waals surface area contributed by atoms with E-state index >= 15 is 0 Å². The van der Waals surface area contributed by atoms with Crippen LogP contribution in [0.5, 0.6) is 0 Å². The van der Waals surface area contributed by atoms with Crippen LogP contribution in [-0.2, 0) is 13.0 Å². The molecule has 86 valence electrons. The molecule has 0 N–H and O–H groups in total. The molecular weight excluding hydrogens is 212 g/mol. The Morgan fingerprint density at radius 3 is 3.00 bits per heavy atom. The molecule has 1 aliphatic rings. The highest BCUT2D eigenvalue weighted by Crippen LogP contribution is 2.26. The number of hydrogen-bond acceptors (Lipinski definition) is 2. The van der Waals surface area contributed by atoms with E-state index in [4.69, 9.17) is 0 Å². The van der Waals surface area contributed by atoms with Crippen LogP contribution >= 0.6 is 0 Å². The highest BCUT2D eigenvalue weighted by atomic mass is 16.1. The summed E-state index contributed by atoms with van der Waals surface area (Å²) in [6, 6.07) is 6.10. The fourth-order valence-corrected chi connectivity index (χ4v) is 2.52. The van der Waals surface area contributed by atoms with E-state index < -0.39 is 0 Å². The van der Waals surface area contributed by atoms with Gasteiger partial charge < -0.3 is 0 Å². The quantitative estimate of drug-likeness (QED) is 0.788. The fourth-order valence-electron chi connectivity index (χ4n) is 2.52. The van der Waals surface area contributed by atoms with Crippen molar-refractivity contribution in [3.05, 3.63) is 52.8 Å². The predicted octanol–water partition coefficient (Wildman–Crippen LogP) is 2.37. The van der Waals surface area contributed by atoms with Gasteiger partial charge in [0.15, 0.2) is 5.78 Å². The van der Waals surface area contributed by atoms with Gasteiger partial charge in [0, 0.05) is 24.4 Å². The molecule has 1 aliphatic carbocycles. The molecule has 3 rings (SSSR count). The number of fused-ring (bicyclic) bond motifs is 1. The Labute approximate surface area is 100 Å². The van der Waals surface area contributed by atoms with Crippen molar-refractivity contribution in [2.24, 2.45) is 0 Å². The molecule has 0 bridgehead atoms. The number of carbonyl (C=O) groups is 1. The number of carbonyl (C=O) groups excluding carboxylic acids is 1. The van der Waals surface area contributed by atoms with Crippen LogP contribution in [0, 0.1) is 6.92 Å². The molecule has 3 nitrogen and oxygen atoms in total. The van der Waals surface area contributed by atoms with Gasteiger partial charge >= 0.3 is 0 Å². The zero-order chi connectivity index (χ0) is 11.8. The van der Waals surface area contributed by atoms with E-state index in [1.807, 2.05) is 23.0 Å². The van der Waals surface area contributed by atoms with Crippen LogP contribution in [0.2, 0.25) is 0 Å². The van der Waals surface area contributed by atoms with Gasteiger partial charge in [-0.15, -0.1) is 0 Å². The number of aryl methyl sites for hydroxylation is 1. The fraction of sp³-hybridized carbons (Fsp3) is 0.286. The van der Waals surface area contributed by atoms with Crippen molar-refractivity contribution in [2.75, 3.05) is 0 Å². The third-order valence-electron chi connectivity index (χ3n) is 3.34. The molecule has 17 heavy (non-hydrogen) atoms. The van der Waals surface area contributed by atoms with Gasteiger partial charge in [-0.3, -0.25) is 9.48 Å². The minimum Gasteiger partial charge on any atom is -0.294 e. The summed E-state index contributed by atoms with van der Waals surface area (Å²) in [7, 11) is 0. The zero-order valence-electron chi connectivity index (χ0n) is 9.81. The number of nitrogens with zero attached hydrogens (tertiary/aromatic N) is 2. The molecule has 0 spiro atoms. The summed E-state index contributed by atoms with van der Waals surface area (Å²) < 4.78 is 1.88. The first kappa shape index (κ1) is 10.3. The molecule has 0 amide bonds. The zero-order valence-corrected chi connectivity index (χ0v) is 9.81. The topological polar surface area (TPSA) is 34.9 Å². The normalized spacial score (nSPS) is 14.1. The van der Waals surface area contributed by atoms with Crippen molar-refractivity contribution in [2.45, 2.75) is 26.3 Å². The number of benzene rings is 1. The van der Waals surface area contributed by atoms with Gasteiger partial charge in [0.25, 0.3) is 0 Å². The Morgan fingerprint density at radius 1 is 1.35 bits per heavy atom. The molecule has 2 aromatic rings. The second kappa shape index (κ2) is 3.84. The predicted molar refractivity (Wildman–Crippen MR) is 65.2 cm³/mol. The summed E-state index contributed by atoms with van der Waals surface area (Å²) in [5.74, 6) is 0.283. The van der Waals surface area contributed by atoms with Crippen molar-refractivity contribution >= 4 is 5.78 Å². The standard InChI is InChI=1S/C14H14N2O/c1-10-7-11(9-16-6-2-5-15-16)8-13-12(10)3-4-14(13)17/h2,5-8H,3-4,9H2,1H3. The highest BCUT2D eigenvalue weighted by Gasteiger charge is 2.21. The first-order chi connectivity index (χ1) is 8.24. The second-order valence-electron chi connectivity index (χ2n) is 4.57. The average molecular weight is 226 g/mol. The van der Waals surface area contributed by atoms with Gasteiger partial charge in [-0.1, -0.05) is 6.07 Å². The molecule has 1 heterocycles. The molecule has 0 aliphatic heterocycles. The summed E-state index contributed by atoms with van der Waals surface area (Å²) >= 11 is 0. The van der Waals surface area contributed by atoms with Crippen LogP contribution < -0.4 is 0 Å². The molecule has 0 fully saturated rings. The maximum atomic E-state index is 11.7. The number of rotatable bonds is 2. The monoisotopic (exact) mass is 226 g/mol. The van der Waals surface area contributed by atoms with Gasteiger partial charge in [-0.05, 0) is 42.2 Å². The summed E-state index contributed by atoms with van der Waals surface area (Å²) in [6.07, 6.45) is 5.28. The lowest BCUT2D eigenvalue weighted by molar-refractivity contribution is 0.0994. The van der Waals surface area contributed by atoms with Crippen LogP contribution in [0.3, 0.4) is 0 Å². The third-order valence-corrected chi connectivity index (χ3v) is 3.34. The van der Waals surface area contributed by atoms with E-state index in [0.29, 0.717) is 6.42 Å². The number of ketones is 1. The van der Waals surface area contributed by atoms with E-state index in [1.165, 1.54) is 11.1 Å². The molecule has 1 aromatic carbocycles. The second-order valence-corrected chi connectivity index (χ2v) is 4.57. The molecular formula is C14H14N2O. The van der Waals surface area contributed by atoms with E-state index in [9.17, 15) is 4.79 Å². The van der Waals surface area contributed by atoms with E-state index in [2.05, 4.69) is 18.1 Å². The Hall–Kier alpha value is -1.90. The Morgan fingerprint density at radius 2 is 2.24 bits per heavy atom. The molecule has 3 heteroatoms. The van der Waals surface area contributed by atoms with E-state index in [0.717, 1.165) is 24.1 Å². The third kappa shape index (κ3) is 1.78. The lowest BCUT2D eigenvalue weighted by Gasteiger charge is -2.08. The maximum Gasteiger partial charge on any atom is 0.163 e. The highest BCUT2D eigenvalue weighted by molar-refractivity contribution is 6.00. The summed E-state index contributed by atoms with van der Waals surface area (Å²) in [5, 5.41) is 4.19. The largest absolute Gasteiger partial charge is 0.294 e. The number of Topliss-reactive ketones (excluding diaryl/α,β-unsaturated/α-hetero) is 1. The van der Waals surface area contributed by atoms with Gasteiger partial charge in [0.05, 0.1) is 6.54 Å². The lowest BCUT2D eigenvalue weighted by atomic mass is 10.0. The molecule has 1 aromatic heterocycles. The molecule has 0 unspecified atom stereocenters. The number of aromatic nitrogens is 2. The average Bonchev–Trinajstić information content (AvgIpc) is 2.90. The summed E-state index contributed by atoms with van der Waals surface area (Å²) in [6.45, 7) is 2.82. The van der Waals surface area contributed by atoms with E-state index in [1.54, 1.807) is 6.20 Å². The maximum absolute atomic E-state index is 11.7. The van der Waals surface area contributed by atoms with Crippen LogP contribution in [0.1, 0.15) is 33.5 Å². The van der Waals surface area contributed by atoms with Crippen LogP contribution in [0.15, 0.2) is 30.6 Å². The summed E-state index contributed by atoms with van der Waals surface area (Å²) in [4.78, 5) is 11.7. The van der Waals surface area contributed by atoms with Crippen LogP contribution in [-0.4, -0.2) is 15.6 Å². The van der Waals surface area contributed by atoms with Crippen molar-refractivity contribution < 1.29 is 4.79 Å². The van der Waals surface area contributed by atoms with Crippen molar-refractivity contribution in [3.63, 3.8) is 0 Å². The van der Waals surface area contributed by atoms with E-state index in [-0.39, 0.29) is 5.78 Å².